The summed E-state index contributed by atoms with van der Waals surface area (Å²) in [4.78, 5) is 36.3. The van der Waals surface area contributed by atoms with Gasteiger partial charge in [-0.25, -0.2) is 13.8 Å². The quantitative estimate of drug-likeness (QED) is 0.460. The number of H-pyrrole nitrogens is 1. The number of aromatic amines is 1. The lowest BCUT2D eigenvalue weighted by molar-refractivity contribution is 0.0664. The molecule has 0 radical (unpaired) electrons. The molecule has 5 rings (SSSR count). The molecule has 0 spiro atoms. The number of ether oxygens (including phenoxy) is 1. The van der Waals surface area contributed by atoms with E-state index >= 15 is 0 Å². The molecule has 184 valence electrons. The Bertz CT molecular complexity index is 1530. The van der Waals surface area contributed by atoms with Gasteiger partial charge in [-0.2, -0.15) is 0 Å². The summed E-state index contributed by atoms with van der Waals surface area (Å²) >= 11 is 0. The van der Waals surface area contributed by atoms with E-state index in [1.165, 1.54) is 6.07 Å². The number of hydrogen-bond donors (Lipinski definition) is 1. The maximum absolute atomic E-state index is 14.4. The minimum atomic E-state index is -0.841. The fourth-order valence-corrected chi connectivity index (χ4v) is 4.19. The number of nitrogens with zero attached hydrogens (tertiary/aromatic N) is 3. The van der Waals surface area contributed by atoms with Crippen molar-refractivity contribution in [2.75, 3.05) is 33.2 Å². The largest absolute Gasteiger partial charge is 0.454 e. The number of halogens is 2. The van der Waals surface area contributed by atoms with Crippen molar-refractivity contribution in [2.24, 2.45) is 0 Å². The van der Waals surface area contributed by atoms with Gasteiger partial charge in [-0.05, 0) is 62.0 Å². The number of hydrogen-bond acceptors (Lipinski definition) is 5. The Morgan fingerprint density at radius 1 is 0.972 bits per heavy atom. The monoisotopic (exact) mass is 490 g/mol. The van der Waals surface area contributed by atoms with Gasteiger partial charge in [-0.1, -0.05) is 6.07 Å². The van der Waals surface area contributed by atoms with Gasteiger partial charge < -0.3 is 19.5 Å². The number of fused-ring (bicyclic) bond motifs is 1. The molecule has 1 aromatic heterocycles. The van der Waals surface area contributed by atoms with E-state index < -0.39 is 11.6 Å². The number of piperazine rings is 1. The van der Waals surface area contributed by atoms with Gasteiger partial charge in [0.2, 0.25) is 0 Å². The summed E-state index contributed by atoms with van der Waals surface area (Å²) in [5, 5.41) is 0. The van der Waals surface area contributed by atoms with Crippen LogP contribution in [0.5, 0.6) is 11.5 Å². The molecule has 0 unspecified atom stereocenters. The zero-order chi connectivity index (χ0) is 25.4. The SMILES string of the molecule is Cc1nc2cc(-c3cc(C(=O)N4CCN(C)CC4)ccc3Oc3ccc(F)cc3F)ccc2[nH]c1=O. The van der Waals surface area contributed by atoms with Crippen molar-refractivity contribution in [1.29, 1.82) is 0 Å². The molecule has 0 bridgehead atoms. The van der Waals surface area contributed by atoms with Crippen LogP contribution in [-0.2, 0) is 0 Å². The van der Waals surface area contributed by atoms with Crippen LogP contribution in [0.15, 0.2) is 59.4 Å². The lowest BCUT2D eigenvalue weighted by Crippen LogP contribution is -2.47. The van der Waals surface area contributed by atoms with Crippen molar-refractivity contribution in [1.82, 2.24) is 19.8 Å². The van der Waals surface area contributed by atoms with Gasteiger partial charge in [0.25, 0.3) is 11.5 Å². The number of likely N-dealkylation sites (N-methyl/N-ethyl adjacent to an activating group) is 1. The maximum atomic E-state index is 14.4. The molecule has 0 atom stereocenters. The molecule has 1 fully saturated rings. The van der Waals surface area contributed by atoms with Crippen molar-refractivity contribution in [3.8, 4) is 22.6 Å². The summed E-state index contributed by atoms with van der Waals surface area (Å²) < 4.78 is 33.6. The zero-order valence-corrected chi connectivity index (χ0v) is 19.8. The first-order chi connectivity index (χ1) is 17.3. The Hall–Kier alpha value is -4.11. The Balaban J connectivity index is 1.59. The molecule has 1 aliphatic heterocycles. The molecule has 1 N–H and O–H groups in total. The Labute approximate surface area is 206 Å². The van der Waals surface area contributed by atoms with E-state index in [0.717, 1.165) is 25.2 Å². The van der Waals surface area contributed by atoms with Gasteiger partial charge in [0.05, 0.1) is 11.0 Å². The van der Waals surface area contributed by atoms with Gasteiger partial charge in [0.1, 0.15) is 17.3 Å². The molecule has 1 aliphatic rings. The molecule has 9 heteroatoms. The van der Waals surface area contributed by atoms with E-state index in [9.17, 15) is 18.4 Å². The number of carbonyl (C=O) groups excluding carboxylic acids is 1. The first kappa shape index (κ1) is 23.6. The smallest absolute Gasteiger partial charge is 0.269 e. The summed E-state index contributed by atoms with van der Waals surface area (Å²) in [5.74, 6) is -1.51. The molecule has 36 heavy (non-hydrogen) atoms. The number of amides is 1. The Morgan fingerprint density at radius 3 is 2.47 bits per heavy atom. The lowest BCUT2D eigenvalue weighted by Gasteiger charge is -2.32. The average molecular weight is 491 g/mol. The molecule has 4 aromatic rings. The maximum Gasteiger partial charge on any atom is 0.269 e. The van der Waals surface area contributed by atoms with Crippen molar-refractivity contribution >= 4 is 16.9 Å². The molecule has 1 saturated heterocycles. The van der Waals surface area contributed by atoms with E-state index in [4.69, 9.17) is 4.74 Å². The topological polar surface area (TPSA) is 78.5 Å². The first-order valence-corrected chi connectivity index (χ1v) is 11.5. The van der Waals surface area contributed by atoms with E-state index in [2.05, 4.69) is 14.9 Å². The molecule has 0 aliphatic carbocycles. The van der Waals surface area contributed by atoms with Crippen LogP contribution in [0.1, 0.15) is 16.1 Å². The van der Waals surface area contributed by atoms with Crippen LogP contribution >= 0.6 is 0 Å². The minimum absolute atomic E-state index is 0.108. The summed E-state index contributed by atoms with van der Waals surface area (Å²) in [5.41, 5.74) is 2.82. The fraction of sp³-hybridized carbons (Fsp3) is 0.222. The van der Waals surface area contributed by atoms with Crippen LogP contribution in [-0.4, -0.2) is 58.9 Å². The molecular weight excluding hydrogens is 466 g/mol. The highest BCUT2D eigenvalue weighted by Crippen LogP contribution is 2.36. The van der Waals surface area contributed by atoms with Crippen LogP contribution in [0.2, 0.25) is 0 Å². The van der Waals surface area contributed by atoms with Crippen molar-refractivity contribution in [3.63, 3.8) is 0 Å². The predicted octanol–water partition coefficient (Wildman–Crippen LogP) is 4.36. The minimum Gasteiger partial charge on any atom is -0.454 e. The number of carbonyl (C=O) groups is 1. The van der Waals surface area contributed by atoms with Crippen LogP contribution in [0.3, 0.4) is 0 Å². The van der Waals surface area contributed by atoms with E-state index in [0.29, 0.717) is 46.5 Å². The van der Waals surface area contributed by atoms with Gasteiger partial charge in [0, 0.05) is 43.4 Å². The molecule has 3 aromatic carbocycles. The van der Waals surface area contributed by atoms with E-state index in [1.807, 2.05) is 7.05 Å². The number of rotatable bonds is 4. The highest BCUT2D eigenvalue weighted by Gasteiger charge is 2.22. The summed E-state index contributed by atoms with van der Waals surface area (Å²) in [6.45, 7) is 4.44. The lowest BCUT2D eigenvalue weighted by atomic mass is 10.00. The number of nitrogens with one attached hydrogen (secondary N) is 1. The van der Waals surface area contributed by atoms with Crippen molar-refractivity contribution in [2.45, 2.75) is 6.92 Å². The molecule has 7 nitrogen and oxygen atoms in total. The van der Waals surface area contributed by atoms with Crippen LogP contribution in [0.4, 0.5) is 8.78 Å². The molecular formula is C27H24F2N4O3. The summed E-state index contributed by atoms with van der Waals surface area (Å²) in [6.07, 6.45) is 0. The highest BCUT2D eigenvalue weighted by atomic mass is 19.1. The second kappa shape index (κ2) is 9.50. The van der Waals surface area contributed by atoms with Crippen LogP contribution in [0.25, 0.3) is 22.2 Å². The Morgan fingerprint density at radius 2 is 1.72 bits per heavy atom. The highest BCUT2D eigenvalue weighted by molar-refractivity contribution is 5.96. The third-order valence-corrected chi connectivity index (χ3v) is 6.30. The second-order valence-corrected chi connectivity index (χ2v) is 8.87. The third-order valence-electron chi connectivity index (χ3n) is 6.30. The first-order valence-electron chi connectivity index (χ1n) is 11.5. The number of benzene rings is 3. The predicted molar refractivity (Wildman–Crippen MR) is 132 cm³/mol. The molecule has 1 amide bonds. The van der Waals surface area contributed by atoms with Gasteiger partial charge in [-0.3, -0.25) is 9.59 Å². The van der Waals surface area contributed by atoms with Gasteiger partial charge in [-0.15, -0.1) is 0 Å². The number of aromatic nitrogens is 2. The van der Waals surface area contributed by atoms with Crippen LogP contribution in [0, 0.1) is 18.6 Å². The number of aryl methyl sites for hydroxylation is 1. The van der Waals surface area contributed by atoms with Crippen LogP contribution < -0.4 is 10.3 Å². The molecule has 0 saturated carbocycles. The van der Waals surface area contributed by atoms with Gasteiger partial charge >= 0.3 is 0 Å². The molecule has 2 heterocycles. The van der Waals surface area contributed by atoms with Crippen molar-refractivity contribution in [3.05, 3.63) is 87.8 Å². The second-order valence-electron chi connectivity index (χ2n) is 8.87. The third kappa shape index (κ3) is 4.70. The normalized spacial score (nSPS) is 14.3. The Kier molecular flexibility index (Phi) is 6.24. The summed E-state index contributed by atoms with van der Waals surface area (Å²) in [6, 6.07) is 13.3. The fourth-order valence-electron chi connectivity index (χ4n) is 4.19. The van der Waals surface area contributed by atoms with E-state index in [-0.39, 0.29) is 23.0 Å². The van der Waals surface area contributed by atoms with E-state index in [1.54, 1.807) is 48.2 Å². The standard InChI is InChI=1S/C27H24F2N4O3/c1-16-26(34)31-22-6-3-17(14-23(22)30-16)20-13-18(27(35)33-11-9-32(2)10-12-33)4-7-24(20)36-25-8-5-19(28)15-21(25)29/h3-8,13-15H,9-12H2,1-2H3,(H,31,34). The van der Waals surface area contributed by atoms with Gasteiger partial charge in [0.15, 0.2) is 11.6 Å². The average Bonchev–Trinajstić information content (AvgIpc) is 2.86. The van der Waals surface area contributed by atoms with Crippen molar-refractivity contribution < 1.29 is 18.3 Å². The zero-order valence-electron chi connectivity index (χ0n) is 19.8. The summed E-state index contributed by atoms with van der Waals surface area (Å²) in [7, 11) is 2.02.